The molecule has 1 amide bonds. The molecule has 0 atom stereocenters. The lowest BCUT2D eigenvalue weighted by atomic mass is 10.1. The Kier molecular flexibility index (Phi) is 4.45. The second-order valence-corrected chi connectivity index (χ2v) is 5.35. The number of methoxy groups -OCH3 is 1. The van der Waals surface area contributed by atoms with Crippen LogP contribution in [0.2, 0.25) is 0 Å². The summed E-state index contributed by atoms with van der Waals surface area (Å²) in [5, 5.41) is 0. The quantitative estimate of drug-likeness (QED) is 0.848. The van der Waals surface area contributed by atoms with Gasteiger partial charge in [-0.05, 0) is 52.7 Å². The molecule has 2 rings (SSSR count). The number of halogens is 1. The Bertz CT molecular complexity index is 640. The van der Waals surface area contributed by atoms with Crippen molar-refractivity contribution >= 4 is 27.5 Å². The number of benzene rings is 2. The topological polar surface area (TPSA) is 29.5 Å². The Hall–Kier alpha value is -1.81. The van der Waals surface area contributed by atoms with E-state index in [1.807, 2.05) is 31.2 Å². The summed E-state index contributed by atoms with van der Waals surface area (Å²) in [6, 6.07) is 13.1. The van der Waals surface area contributed by atoms with Crippen LogP contribution in [0.25, 0.3) is 0 Å². The first-order chi connectivity index (χ1) is 9.54. The van der Waals surface area contributed by atoms with Gasteiger partial charge in [0.1, 0.15) is 5.75 Å². The van der Waals surface area contributed by atoms with Crippen LogP contribution in [0.4, 0.5) is 5.69 Å². The maximum atomic E-state index is 12.5. The third-order valence-electron chi connectivity index (χ3n) is 3.18. The molecule has 0 radical (unpaired) electrons. The van der Waals surface area contributed by atoms with E-state index in [4.69, 9.17) is 4.74 Å². The van der Waals surface area contributed by atoms with Crippen molar-refractivity contribution in [2.24, 2.45) is 0 Å². The van der Waals surface area contributed by atoms with Crippen molar-refractivity contribution in [1.29, 1.82) is 0 Å². The van der Waals surface area contributed by atoms with Gasteiger partial charge in [-0.2, -0.15) is 0 Å². The van der Waals surface area contributed by atoms with E-state index in [1.165, 1.54) is 0 Å². The summed E-state index contributed by atoms with van der Waals surface area (Å²) >= 11 is 3.40. The van der Waals surface area contributed by atoms with Gasteiger partial charge >= 0.3 is 0 Å². The molecule has 104 valence electrons. The minimum absolute atomic E-state index is 0.0531. The highest BCUT2D eigenvalue weighted by Crippen LogP contribution is 2.27. The number of rotatable bonds is 3. The number of amides is 1. The fraction of sp³-hybridized carbons (Fsp3) is 0.188. The van der Waals surface area contributed by atoms with Gasteiger partial charge in [0, 0.05) is 18.3 Å². The van der Waals surface area contributed by atoms with Crippen molar-refractivity contribution in [3.05, 3.63) is 58.1 Å². The van der Waals surface area contributed by atoms with Crippen LogP contribution in [0.3, 0.4) is 0 Å². The van der Waals surface area contributed by atoms with E-state index in [1.54, 1.807) is 37.3 Å². The lowest BCUT2D eigenvalue weighted by Gasteiger charge is -2.20. The van der Waals surface area contributed by atoms with Crippen molar-refractivity contribution < 1.29 is 9.53 Å². The van der Waals surface area contributed by atoms with E-state index in [2.05, 4.69) is 15.9 Å². The summed E-state index contributed by atoms with van der Waals surface area (Å²) in [6.45, 7) is 1.99. The average Bonchev–Trinajstić information content (AvgIpc) is 2.46. The lowest BCUT2D eigenvalue weighted by Crippen LogP contribution is -2.26. The number of carbonyl (C=O) groups is 1. The highest BCUT2D eigenvalue weighted by atomic mass is 79.9. The third-order valence-corrected chi connectivity index (χ3v) is 3.80. The molecule has 0 saturated heterocycles. The smallest absolute Gasteiger partial charge is 0.258 e. The molecule has 0 N–H and O–H groups in total. The average molecular weight is 334 g/mol. The summed E-state index contributed by atoms with van der Waals surface area (Å²) in [4.78, 5) is 14.2. The summed E-state index contributed by atoms with van der Waals surface area (Å²) in [6.07, 6.45) is 0. The Morgan fingerprint density at radius 2 is 1.90 bits per heavy atom. The molecule has 2 aromatic rings. The van der Waals surface area contributed by atoms with Crippen LogP contribution in [0.5, 0.6) is 5.75 Å². The van der Waals surface area contributed by atoms with Crippen LogP contribution in [-0.2, 0) is 0 Å². The van der Waals surface area contributed by atoms with Gasteiger partial charge in [-0.15, -0.1) is 0 Å². The largest absolute Gasteiger partial charge is 0.496 e. The van der Waals surface area contributed by atoms with Gasteiger partial charge in [0.15, 0.2) is 0 Å². The maximum Gasteiger partial charge on any atom is 0.258 e. The van der Waals surface area contributed by atoms with Gasteiger partial charge in [0.05, 0.1) is 11.6 Å². The molecule has 0 fully saturated rings. The number of hydrogen-bond donors (Lipinski definition) is 0. The molecular weight excluding hydrogens is 318 g/mol. The van der Waals surface area contributed by atoms with Gasteiger partial charge in [-0.1, -0.05) is 18.2 Å². The lowest BCUT2D eigenvalue weighted by molar-refractivity contribution is 0.0993. The van der Waals surface area contributed by atoms with Crippen molar-refractivity contribution in [3.8, 4) is 5.75 Å². The predicted octanol–water partition coefficient (Wildman–Crippen LogP) is 4.04. The summed E-state index contributed by atoms with van der Waals surface area (Å²) in [7, 11) is 3.38. The van der Waals surface area contributed by atoms with Crippen molar-refractivity contribution in [2.45, 2.75) is 6.92 Å². The molecule has 2 aromatic carbocycles. The monoisotopic (exact) mass is 333 g/mol. The van der Waals surface area contributed by atoms with E-state index in [9.17, 15) is 4.79 Å². The molecule has 0 heterocycles. The standard InChI is InChI=1S/C16H16BrNO2/c1-11-6-4-5-7-14(11)18(2)16(19)12-8-9-15(20-3)13(17)10-12/h4-10H,1-3H3. The van der Waals surface area contributed by atoms with Crippen LogP contribution in [0, 0.1) is 6.92 Å². The number of hydrogen-bond acceptors (Lipinski definition) is 2. The molecular formula is C16H16BrNO2. The maximum absolute atomic E-state index is 12.5. The van der Waals surface area contributed by atoms with E-state index in [0.29, 0.717) is 11.3 Å². The zero-order valence-corrected chi connectivity index (χ0v) is 13.3. The Morgan fingerprint density at radius 3 is 2.50 bits per heavy atom. The second kappa shape index (κ2) is 6.09. The SMILES string of the molecule is COc1ccc(C(=O)N(C)c2ccccc2C)cc1Br. The fourth-order valence-corrected chi connectivity index (χ4v) is 2.58. The summed E-state index contributed by atoms with van der Waals surface area (Å²) < 4.78 is 5.94. The minimum Gasteiger partial charge on any atom is -0.496 e. The molecule has 0 saturated carbocycles. The van der Waals surface area contributed by atoms with Gasteiger partial charge in [-0.25, -0.2) is 0 Å². The van der Waals surface area contributed by atoms with Crippen molar-refractivity contribution in [2.75, 3.05) is 19.1 Å². The van der Waals surface area contributed by atoms with E-state index in [-0.39, 0.29) is 5.91 Å². The Morgan fingerprint density at radius 1 is 1.20 bits per heavy atom. The van der Waals surface area contributed by atoms with Gasteiger partial charge in [-0.3, -0.25) is 4.79 Å². The molecule has 0 aliphatic heterocycles. The zero-order chi connectivity index (χ0) is 14.7. The van der Waals surface area contributed by atoms with E-state index in [0.717, 1.165) is 15.7 Å². The van der Waals surface area contributed by atoms with E-state index >= 15 is 0 Å². The normalized spacial score (nSPS) is 10.2. The van der Waals surface area contributed by atoms with Gasteiger partial charge < -0.3 is 9.64 Å². The predicted molar refractivity (Wildman–Crippen MR) is 84.6 cm³/mol. The number of nitrogens with zero attached hydrogens (tertiary/aromatic N) is 1. The molecule has 0 aliphatic carbocycles. The van der Waals surface area contributed by atoms with Crippen LogP contribution in [-0.4, -0.2) is 20.1 Å². The number of carbonyl (C=O) groups excluding carboxylic acids is 1. The molecule has 4 heteroatoms. The van der Waals surface area contributed by atoms with Crippen molar-refractivity contribution in [3.63, 3.8) is 0 Å². The Labute approximate surface area is 127 Å². The first kappa shape index (κ1) is 14.6. The summed E-state index contributed by atoms with van der Waals surface area (Å²) in [5.74, 6) is 0.655. The molecule has 0 bridgehead atoms. The Balaban J connectivity index is 2.32. The molecule has 0 spiro atoms. The highest BCUT2D eigenvalue weighted by molar-refractivity contribution is 9.10. The van der Waals surface area contributed by atoms with Crippen LogP contribution in [0.1, 0.15) is 15.9 Å². The fourth-order valence-electron chi connectivity index (χ4n) is 2.04. The van der Waals surface area contributed by atoms with Crippen LogP contribution in [0.15, 0.2) is 46.9 Å². The molecule has 0 aliphatic rings. The number of anilines is 1. The second-order valence-electron chi connectivity index (χ2n) is 4.50. The van der Waals surface area contributed by atoms with Gasteiger partial charge in [0.2, 0.25) is 0 Å². The molecule has 0 unspecified atom stereocenters. The molecule has 3 nitrogen and oxygen atoms in total. The van der Waals surface area contributed by atoms with Crippen LogP contribution < -0.4 is 9.64 Å². The van der Waals surface area contributed by atoms with Crippen LogP contribution >= 0.6 is 15.9 Å². The molecule has 20 heavy (non-hydrogen) atoms. The highest BCUT2D eigenvalue weighted by Gasteiger charge is 2.16. The number of para-hydroxylation sites is 1. The van der Waals surface area contributed by atoms with Crippen molar-refractivity contribution in [1.82, 2.24) is 0 Å². The van der Waals surface area contributed by atoms with E-state index < -0.39 is 0 Å². The summed E-state index contributed by atoms with van der Waals surface area (Å²) in [5.41, 5.74) is 2.59. The first-order valence-electron chi connectivity index (χ1n) is 6.22. The number of ether oxygens (including phenoxy) is 1. The zero-order valence-electron chi connectivity index (χ0n) is 11.7. The minimum atomic E-state index is -0.0531. The third kappa shape index (κ3) is 2.85. The number of aryl methyl sites for hydroxylation is 1. The molecule has 0 aromatic heterocycles. The van der Waals surface area contributed by atoms with Gasteiger partial charge in [0.25, 0.3) is 5.91 Å². The first-order valence-corrected chi connectivity index (χ1v) is 7.01.